The van der Waals surface area contributed by atoms with Gasteiger partial charge in [-0.1, -0.05) is 6.92 Å². The van der Waals surface area contributed by atoms with Crippen LogP contribution in [0.15, 0.2) is 28.7 Å². The highest BCUT2D eigenvalue weighted by molar-refractivity contribution is 9.10. The van der Waals surface area contributed by atoms with Crippen LogP contribution in [0.4, 0.5) is 0 Å². The van der Waals surface area contributed by atoms with E-state index in [0.29, 0.717) is 65.5 Å². The first-order valence-electron chi connectivity index (χ1n) is 12.4. The molecule has 1 heterocycles. The predicted molar refractivity (Wildman–Crippen MR) is 144 cm³/mol. The van der Waals surface area contributed by atoms with Gasteiger partial charge in [0.15, 0.2) is 25.2 Å². The van der Waals surface area contributed by atoms with Gasteiger partial charge in [0.2, 0.25) is 0 Å². The van der Waals surface area contributed by atoms with Gasteiger partial charge in [0.1, 0.15) is 23.4 Å². The SMILES string of the molecule is CCc1c(OCOC)cc(OCOC)c(C(=O)c2ccc(OC)c(Br)c2)c1CCOCC1COC(C)(C)O1. The van der Waals surface area contributed by atoms with Crippen LogP contribution in [0, 0.1) is 0 Å². The van der Waals surface area contributed by atoms with E-state index < -0.39 is 5.79 Å². The third-order valence-electron chi connectivity index (χ3n) is 6.00. The monoisotopic (exact) mass is 596 g/mol. The largest absolute Gasteiger partial charge is 0.496 e. The molecule has 2 aromatic rings. The summed E-state index contributed by atoms with van der Waals surface area (Å²) in [6.45, 7) is 7.00. The molecule has 38 heavy (non-hydrogen) atoms. The molecule has 1 aliphatic rings. The molecule has 9 nitrogen and oxygen atoms in total. The Labute approximate surface area is 232 Å². The van der Waals surface area contributed by atoms with Gasteiger partial charge in [-0.3, -0.25) is 4.79 Å². The molecule has 0 radical (unpaired) electrons. The maximum absolute atomic E-state index is 14.0. The lowest BCUT2D eigenvalue weighted by atomic mass is 9.90. The Hall–Kier alpha value is -2.21. The minimum absolute atomic E-state index is 0.0352. The van der Waals surface area contributed by atoms with E-state index >= 15 is 0 Å². The Bertz CT molecular complexity index is 1090. The smallest absolute Gasteiger partial charge is 0.197 e. The molecule has 210 valence electrons. The Kier molecular flexibility index (Phi) is 11.4. The lowest BCUT2D eigenvalue weighted by Crippen LogP contribution is -2.24. The van der Waals surface area contributed by atoms with E-state index in [4.69, 9.17) is 37.9 Å². The fourth-order valence-electron chi connectivity index (χ4n) is 4.31. The highest BCUT2D eigenvalue weighted by atomic mass is 79.9. The molecule has 0 amide bonds. The van der Waals surface area contributed by atoms with Crippen molar-refractivity contribution in [1.82, 2.24) is 0 Å². The van der Waals surface area contributed by atoms with Gasteiger partial charge in [-0.25, -0.2) is 0 Å². The lowest BCUT2D eigenvalue weighted by molar-refractivity contribution is -0.144. The Balaban J connectivity index is 1.99. The van der Waals surface area contributed by atoms with Gasteiger partial charge in [-0.05, 0) is 71.9 Å². The standard InChI is InChI=1S/C28H37BrO9/c1-7-20-21(10-11-34-14-19-15-37-28(2,3)38-19)26(25(36-17-32-5)13-24(20)35-16-31-4)27(30)18-8-9-23(33-6)22(29)12-18/h8-9,12-13,19H,7,10-11,14-17H2,1-6H3. The van der Waals surface area contributed by atoms with Gasteiger partial charge >= 0.3 is 0 Å². The van der Waals surface area contributed by atoms with Crippen LogP contribution in [-0.2, 0) is 36.5 Å². The molecule has 0 saturated carbocycles. The maximum atomic E-state index is 14.0. The van der Waals surface area contributed by atoms with Crippen molar-refractivity contribution in [3.05, 3.63) is 51.0 Å². The minimum atomic E-state index is -0.615. The van der Waals surface area contributed by atoms with Crippen molar-refractivity contribution in [2.75, 3.05) is 54.7 Å². The normalized spacial score (nSPS) is 16.4. The summed E-state index contributed by atoms with van der Waals surface area (Å²) in [6, 6.07) is 6.94. The van der Waals surface area contributed by atoms with Crippen LogP contribution in [0.5, 0.6) is 17.2 Å². The summed E-state index contributed by atoms with van der Waals surface area (Å²) in [5, 5.41) is 0. The van der Waals surface area contributed by atoms with Gasteiger partial charge in [-0.2, -0.15) is 0 Å². The average Bonchev–Trinajstić information content (AvgIpc) is 3.26. The average molecular weight is 597 g/mol. The van der Waals surface area contributed by atoms with E-state index in [9.17, 15) is 4.79 Å². The molecule has 2 aromatic carbocycles. The fraction of sp³-hybridized carbons (Fsp3) is 0.536. The second-order valence-electron chi connectivity index (χ2n) is 9.11. The molecular weight excluding hydrogens is 560 g/mol. The Morgan fingerprint density at radius 2 is 1.74 bits per heavy atom. The van der Waals surface area contributed by atoms with E-state index in [2.05, 4.69) is 15.9 Å². The maximum Gasteiger partial charge on any atom is 0.197 e. The van der Waals surface area contributed by atoms with E-state index in [1.807, 2.05) is 20.8 Å². The van der Waals surface area contributed by atoms with Crippen LogP contribution >= 0.6 is 15.9 Å². The number of methoxy groups -OCH3 is 3. The van der Waals surface area contributed by atoms with Crippen molar-refractivity contribution >= 4 is 21.7 Å². The summed E-state index contributed by atoms with van der Waals surface area (Å²) in [6.07, 6.45) is 0.927. The molecule has 0 spiro atoms. The number of ketones is 1. The third-order valence-corrected chi connectivity index (χ3v) is 6.62. The predicted octanol–water partition coefficient (Wildman–Crippen LogP) is 4.93. The number of hydrogen-bond acceptors (Lipinski definition) is 9. The Morgan fingerprint density at radius 3 is 2.32 bits per heavy atom. The third kappa shape index (κ3) is 7.68. The second kappa shape index (κ2) is 14.3. The number of benzene rings is 2. The number of halogens is 1. The quantitative estimate of drug-likeness (QED) is 0.161. The number of rotatable bonds is 15. The second-order valence-corrected chi connectivity index (χ2v) is 9.97. The van der Waals surface area contributed by atoms with Crippen LogP contribution < -0.4 is 14.2 Å². The first kappa shape index (κ1) is 30.3. The van der Waals surface area contributed by atoms with Crippen molar-refractivity contribution in [2.24, 2.45) is 0 Å². The van der Waals surface area contributed by atoms with Gasteiger partial charge in [0.25, 0.3) is 0 Å². The number of hydrogen-bond donors (Lipinski definition) is 0. The summed E-state index contributed by atoms with van der Waals surface area (Å²) in [5.41, 5.74) is 2.58. The molecule has 10 heteroatoms. The van der Waals surface area contributed by atoms with Gasteiger partial charge in [-0.15, -0.1) is 0 Å². The summed E-state index contributed by atoms with van der Waals surface area (Å²) in [5.74, 6) is 0.756. The summed E-state index contributed by atoms with van der Waals surface area (Å²) < 4.78 is 45.5. The fourth-order valence-corrected chi connectivity index (χ4v) is 4.85. The van der Waals surface area contributed by atoms with Crippen LogP contribution in [0.3, 0.4) is 0 Å². The molecule has 0 N–H and O–H groups in total. The van der Waals surface area contributed by atoms with Gasteiger partial charge in [0.05, 0.1) is 37.0 Å². The molecule has 1 unspecified atom stereocenters. The zero-order chi connectivity index (χ0) is 27.7. The zero-order valence-corrected chi connectivity index (χ0v) is 24.5. The molecule has 1 fully saturated rings. The van der Waals surface area contributed by atoms with Gasteiger partial charge < -0.3 is 37.9 Å². The molecule has 1 aliphatic heterocycles. The van der Waals surface area contributed by atoms with Crippen molar-refractivity contribution in [3.63, 3.8) is 0 Å². The van der Waals surface area contributed by atoms with Crippen LogP contribution in [0.1, 0.15) is 47.8 Å². The van der Waals surface area contributed by atoms with E-state index in [1.54, 1.807) is 38.5 Å². The van der Waals surface area contributed by atoms with Crippen molar-refractivity contribution in [1.29, 1.82) is 0 Å². The lowest BCUT2D eigenvalue weighted by Gasteiger charge is -2.22. The van der Waals surface area contributed by atoms with Crippen molar-refractivity contribution < 1.29 is 42.7 Å². The molecule has 3 rings (SSSR count). The summed E-state index contributed by atoms with van der Waals surface area (Å²) >= 11 is 3.48. The first-order chi connectivity index (χ1) is 18.2. The van der Waals surface area contributed by atoms with Gasteiger partial charge in [0, 0.05) is 25.8 Å². The molecule has 0 aliphatic carbocycles. The molecule has 0 bridgehead atoms. The number of carbonyl (C=O) groups excluding carboxylic acids is 1. The molecular formula is C28H37BrO9. The highest BCUT2D eigenvalue weighted by Gasteiger charge is 2.32. The molecule has 1 atom stereocenters. The van der Waals surface area contributed by atoms with Crippen LogP contribution in [-0.4, -0.2) is 72.4 Å². The minimum Gasteiger partial charge on any atom is -0.496 e. The topological polar surface area (TPSA) is 90.9 Å². The zero-order valence-electron chi connectivity index (χ0n) is 22.9. The summed E-state index contributed by atoms with van der Waals surface area (Å²) in [7, 11) is 4.65. The van der Waals surface area contributed by atoms with Crippen LogP contribution in [0.2, 0.25) is 0 Å². The van der Waals surface area contributed by atoms with E-state index in [0.717, 1.165) is 11.1 Å². The number of ether oxygens (including phenoxy) is 8. The first-order valence-corrected chi connectivity index (χ1v) is 13.2. The van der Waals surface area contributed by atoms with E-state index in [1.165, 1.54) is 7.11 Å². The molecule has 0 aromatic heterocycles. The van der Waals surface area contributed by atoms with Crippen molar-refractivity contribution in [3.8, 4) is 17.2 Å². The summed E-state index contributed by atoms with van der Waals surface area (Å²) in [4.78, 5) is 14.0. The van der Waals surface area contributed by atoms with Crippen LogP contribution in [0.25, 0.3) is 0 Å². The highest BCUT2D eigenvalue weighted by Crippen LogP contribution is 2.37. The van der Waals surface area contributed by atoms with E-state index in [-0.39, 0.29) is 25.5 Å². The van der Waals surface area contributed by atoms with Crippen molar-refractivity contribution in [2.45, 2.75) is 45.5 Å². The number of carbonyl (C=O) groups is 1. The Morgan fingerprint density at radius 1 is 1.03 bits per heavy atom. The molecule has 1 saturated heterocycles.